The van der Waals surface area contributed by atoms with E-state index in [9.17, 15) is 0 Å². The summed E-state index contributed by atoms with van der Waals surface area (Å²) in [6, 6.07) is 10.8. The molecule has 19 heavy (non-hydrogen) atoms. The van der Waals surface area contributed by atoms with Crippen LogP contribution in [0, 0.1) is 5.92 Å². The maximum atomic E-state index is 5.96. The zero-order valence-corrected chi connectivity index (χ0v) is 11.5. The van der Waals surface area contributed by atoms with E-state index < -0.39 is 0 Å². The topological polar surface area (TPSA) is 12.5 Å². The van der Waals surface area contributed by atoms with Crippen molar-refractivity contribution in [3.8, 4) is 0 Å². The number of para-hydroxylation sites is 1. The Morgan fingerprint density at radius 2 is 2.00 bits per heavy atom. The third-order valence-corrected chi connectivity index (χ3v) is 3.97. The molecule has 0 bridgehead atoms. The fraction of sp³-hybridized carbons (Fsp3) is 0.412. The number of rotatable bonds is 2. The van der Waals surface area contributed by atoms with Crippen LogP contribution in [0.5, 0.6) is 0 Å². The second-order valence-electron chi connectivity index (χ2n) is 5.39. The van der Waals surface area contributed by atoms with Crippen molar-refractivity contribution in [1.29, 1.82) is 0 Å². The number of hydroxylamine groups is 1. The highest BCUT2D eigenvalue weighted by molar-refractivity contribution is 5.48. The van der Waals surface area contributed by atoms with E-state index in [1.807, 2.05) is 6.07 Å². The third-order valence-electron chi connectivity index (χ3n) is 3.97. The predicted octanol–water partition coefficient (Wildman–Crippen LogP) is 4.11. The molecule has 0 N–H and O–H groups in total. The predicted molar refractivity (Wildman–Crippen MR) is 78.9 cm³/mol. The first-order chi connectivity index (χ1) is 9.36. The minimum absolute atomic E-state index is 0.340. The minimum Gasteiger partial charge on any atom is -0.273 e. The number of hydrogen-bond acceptors (Lipinski definition) is 2. The van der Waals surface area contributed by atoms with Crippen molar-refractivity contribution in [2.75, 3.05) is 11.7 Å². The van der Waals surface area contributed by atoms with Gasteiger partial charge in [0.25, 0.3) is 0 Å². The Morgan fingerprint density at radius 3 is 2.74 bits per heavy atom. The molecule has 1 aliphatic carbocycles. The molecule has 2 unspecified atom stereocenters. The average molecular weight is 255 g/mol. The first-order valence-corrected chi connectivity index (χ1v) is 7.20. The Kier molecular flexibility index (Phi) is 3.69. The molecule has 2 aliphatic rings. The van der Waals surface area contributed by atoms with Crippen molar-refractivity contribution in [3.05, 3.63) is 54.1 Å². The van der Waals surface area contributed by atoms with Gasteiger partial charge in [0.1, 0.15) is 0 Å². The van der Waals surface area contributed by atoms with E-state index in [0.717, 1.165) is 31.6 Å². The Hall–Kier alpha value is -1.54. The van der Waals surface area contributed by atoms with Crippen molar-refractivity contribution in [2.24, 2.45) is 5.92 Å². The van der Waals surface area contributed by atoms with Gasteiger partial charge in [-0.15, -0.1) is 0 Å². The molecule has 1 aliphatic heterocycles. The molecule has 1 heterocycles. The van der Waals surface area contributed by atoms with Crippen LogP contribution in [-0.2, 0) is 4.84 Å². The molecule has 0 saturated carbocycles. The van der Waals surface area contributed by atoms with Crippen molar-refractivity contribution in [1.82, 2.24) is 0 Å². The molecule has 2 nitrogen and oxygen atoms in total. The summed E-state index contributed by atoms with van der Waals surface area (Å²) in [5.74, 6) is 0.614. The van der Waals surface area contributed by atoms with E-state index in [-0.39, 0.29) is 0 Å². The molecule has 0 radical (unpaired) electrons. The molecular weight excluding hydrogens is 234 g/mol. The Morgan fingerprint density at radius 1 is 1.16 bits per heavy atom. The van der Waals surface area contributed by atoms with E-state index in [0.29, 0.717) is 12.0 Å². The number of benzene rings is 1. The molecule has 1 aromatic rings. The van der Waals surface area contributed by atoms with Gasteiger partial charge in [0.15, 0.2) is 0 Å². The Balaban J connectivity index is 1.92. The Bertz CT molecular complexity index is 477. The maximum absolute atomic E-state index is 5.96. The van der Waals surface area contributed by atoms with Crippen molar-refractivity contribution < 1.29 is 4.84 Å². The number of anilines is 1. The largest absolute Gasteiger partial charge is 0.273 e. The summed E-state index contributed by atoms with van der Waals surface area (Å²) in [6.45, 7) is 3.13. The monoisotopic (exact) mass is 255 g/mol. The standard InChI is InChI=1S/C17H21NO/c1-14-12-13-19-18(16-10-6-3-7-11-16)17(14)15-8-4-2-5-9-15/h3-4,6-11,14,17H,2,5,12-13H2,1H3. The van der Waals surface area contributed by atoms with Crippen LogP contribution >= 0.6 is 0 Å². The molecule has 1 saturated heterocycles. The zero-order chi connectivity index (χ0) is 13.1. The van der Waals surface area contributed by atoms with Crippen LogP contribution < -0.4 is 5.06 Å². The lowest BCUT2D eigenvalue weighted by Gasteiger charge is -2.41. The SMILES string of the molecule is CC1CCON(c2ccccc2)C1C1=CCCC=C1. The number of nitrogens with zero attached hydrogens (tertiary/aromatic N) is 1. The highest BCUT2D eigenvalue weighted by Crippen LogP contribution is 2.33. The summed E-state index contributed by atoms with van der Waals surface area (Å²) < 4.78 is 0. The van der Waals surface area contributed by atoms with Crippen LogP contribution in [0.3, 0.4) is 0 Å². The molecule has 0 spiro atoms. The number of hydrogen-bond donors (Lipinski definition) is 0. The highest BCUT2D eigenvalue weighted by atomic mass is 16.7. The number of allylic oxidation sites excluding steroid dienone is 2. The summed E-state index contributed by atoms with van der Waals surface area (Å²) in [5, 5.41) is 2.11. The lowest BCUT2D eigenvalue weighted by Crippen LogP contribution is -2.46. The van der Waals surface area contributed by atoms with Crippen LogP contribution in [0.1, 0.15) is 26.2 Å². The molecule has 3 rings (SSSR count). The molecule has 1 fully saturated rings. The Labute approximate surface area is 115 Å². The fourth-order valence-corrected chi connectivity index (χ4v) is 2.93. The van der Waals surface area contributed by atoms with Gasteiger partial charge < -0.3 is 0 Å². The van der Waals surface area contributed by atoms with Gasteiger partial charge in [-0.2, -0.15) is 0 Å². The van der Waals surface area contributed by atoms with Crippen LogP contribution in [0.4, 0.5) is 5.69 Å². The third kappa shape index (κ3) is 2.59. The quantitative estimate of drug-likeness (QED) is 0.788. The summed E-state index contributed by atoms with van der Waals surface area (Å²) in [4.78, 5) is 5.96. The van der Waals surface area contributed by atoms with Gasteiger partial charge in [0.2, 0.25) is 0 Å². The smallest absolute Gasteiger partial charge is 0.0838 e. The van der Waals surface area contributed by atoms with E-state index in [2.05, 4.69) is 54.5 Å². The molecule has 2 atom stereocenters. The summed E-state index contributed by atoms with van der Waals surface area (Å²) in [7, 11) is 0. The fourth-order valence-electron chi connectivity index (χ4n) is 2.93. The molecule has 0 aromatic heterocycles. The lowest BCUT2D eigenvalue weighted by atomic mass is 9.87. The molecule has 2 heteroatoms. The van der Waals surface area contributed by atoms with Crippen molar-refractivity contribution >= 4 is 5.69 Å². The van der Waals surface area contributed by atoms with Crippen LogP contribution in [0.15, 0.2) is 54.1 Å². The molecular formula is C17H21NO. The summed E-state index contributed by atoms with van der Waals surface area (Å²) >= 11 is 0. The average Bonchev–Trinajstić information content (AvgIpc) is 2.49. The lowest BCUT2D eigenvalue weighted by molar-refractivity contribution is 0.0338. The highest BCUT2D eigenvalue weighted by Gasteiger charge is 2.32. The first-order valence-electron chi connectivity index (χ1n) is 7.20. The van der Waals surface area contributed by atoms with Crippen LogP contribution in [0.25, 0.3) is 0 Å². The van der Waals surface area contributed by atoms with Crippen molar-refractivity contribution in [3.63, 3.8) is 0 Å². The van der Waals surface area contributed by atoms with Crippen molar-refractivity contribution in [2.45, 2.75) is 32.2 Å². The van der Waals surface area contributed by atoms with Gasteiger partial charge in [0, 0.05) is 0 Å². The summed E-state index contributed by atoms with van der Waals surface area (Å²) in [5.41, 5.74) is 2.56. The van der Waals surface area contributed by atoms with E-state index in [4.69, 9.17) is 4.84 Å². The van der Waals surface area contributed by atoms with Crippen LogP contribution in [-0.4, -0.2) is 12.6 Å². The minimum atomic E-state index is 0.340. The second kappa shape index (κ2) is 5.62. The summed E-state index contributed by atoms with van der Waals surface area (Å²) in [6.07, 6.45) is 10.4. The molecule has 0 amide bonds. The maximum Gasteiger partial charge on any atom is 0.0838 e. The van der Waals surface area contributed by atoms with Gasteiger partial charge in [-0.05, 0) is 42.9 Å². The van der Waals surface area contributed by atoms with Gasteiger partial charge in [0.05, 0.1) is 18.3 Å². The molecule has 100 valence electrons. The van der Waals surface area contributed by atoms with E-state index >= 15 is 0 Å². The zero-order valence-electron chi connectivity index (χ0n) is 11.5. The van der Waals surface area contributed by atoms with Crippen LogP contribution in [0.2, 0.25) is 0 Å². The first kappa shape index (κ1) is 12.5. The van der Waals surface area contributed by atoms with Gasteiger partial charge >= 0.3 is 0 Å². The molecule has 1 aromatic carbocycles. The van der Waals surface area contributed by atoms with E-state index in [1.165, 1.54) is 5.57 Å². The van der Waals surface area contributed by atoms with Gasteiger partial charge in [-0.25, -0.2) is 5.06 Å². The normalized spacial score (nSPS) is 27.2. The second-order valence-corrected chi connectivity index (χ2v) is 5.39. The van der Waals surface area contributed by atoms with Gasteiger partial charge in [-0.3, -0.25) is 4.84 Å². The van der Waals surface area contributed by atoms with E-state index in [1.54, 1.807) is 0 Å². The van der Waals surface area contributed by atoms with Gasteiger partial charge in [-0.1, -0.05) is 43.4 Å².